The maximum atomic E-state index is 12.5. The number of thioether (sulfide) groups is 1. The van der Waals surface area contributed by atoms with Crippen molar-refractivity contribution in [1.29, 1.82) is 0 Å². The van der Waals surface area contributed by atoms with Crippen LogP contribution in [0.5, 0.6) is 0 Å². The first-order chi connectivity index (χ1) is 12.3. The highest BCUT2D eigenvalue weighted by molar-refractivity contribution is 8.00. The van der Waals surface area contributed by atoms with Gasteiger partial charge < -0.3 is 20.5 Å². The van der Waals surface area contributed by atoms with Crippen molar-refractivity contribution in [1.82, 2.24) is 4.90 Å². The molecule has 3 atom stereocenters. The molecule has 3 N–H and O–H groups in total. The van der Waals surface area contributed by atoms with E-state index >= 15 is 0 Å². The molecule has 2 saturated heterocycles. The predicted octanol–water partition coefficient (Wildman–Crippen LogP) is -0.0486. The largest absolute Gasteiger partial charge is 0.480 e. The number of carboxylic acid groups (broad SMARTS) is 1. The molecule has 2 heterocycles. The zero-order chi connectivity index (χ0) is 19.1. The van der Waals surface area contributed by atoms with E-state index in [9.17, 15) is 29.6 Å². The van der Waals surface area contributed by atoms with Crippen molar-refractivity contribution in [2.75, 3.05) is 12.3 Å². The van der Waals surface area contributed by atoms with Gasteiger partial charge in [0.25, 0.3) is 5.69 Å². The Kier molecular flexibility index (Phi) is 4.59. The van der Waals surface area contributed by atoms with Gasteiger partial charge in [-0.2, -0.15) is 0 Å². The highest BCUT2D eigenvalue weighted by atomic mass is 32.2. The number of fused-ring (bicyclic) bond motifs is 1. The van der Waals surface area contributed by atoms with E-state index in [0.717, 1.165) is 11.8 Å². The number of hydrogen-bond donors (Lipinski definition) is 2. The summed E-state index contributed by atoms with van der Waals surface area (Å²) in [5.74, 6) is -2.77. The smallest absolute Gasteiger partial charge is 0.326 e. The number of rotatable bonds is 5. The van der Waals surface area contributed by atoms with E-state index in [0.29, 0.717) is 5.56 Å². The highest BCUT2D eigenvalue weighted by Gasteiger charge is 2.60. The standard InChI is InChI=1S/C15H15N3O7S/c16-10-11(19)17-6-15(13(20)21,7-26-12(10)17)14(22)25-5-8-1-3-9(4-2-8)18(23)24/h1-4,10,12H,5-7,16H2,(H,20,21)/t10?,12-,15?/m1/s1. The average Bonchev–Trinajstić information content (AvgIpc) is 2.64. The Balaban J connectivity index is 1.69. The molecule has 11 heteroatoms. The summed E-state index contributed by atoms with van der Waals surface area (Å²) in [5, 5.41) is 19.9. The van der Waals surface area contributed by atoms with Crippen LogP contribution in [0.1, 0.15) is 5.56 Å². The molecule has 0 bridgehead atoms. The summed E-state index contributed by atoms with van der Waals surface area (Å²) >= 11 is 1.14. The van der Waals surface area contributed by atoms with E-state index in [-0.39, 0.29) is 30.0 Å². The third kappa shape index (κ3) is 2.88. The van der Waals surface area contributed by atoms with Gasteiger partial charge in [-0.3, -0.25) is 24.5 Å². The Morgan fingerprint density at radius 2 is 2.08 bits per heavy atom. The molecule has 2 aliphatic rings. The molecule has 2 fully saturated rings. The normalized spacial score (nSPS) is 27.3. The SMILES string of the molecule is NC1C(=O)N2CC(C(=O)O)(C(=O)OCc3ccc([N+](=O)[O-])cc3)CS[C@H]12. The number of nitro benzene ring substituents is 1. The quantitative estimate of drug-likeness (QED) is 0.235. The molecule has 10 nitrogen and oxygen atoms in total. The summed E-state index contributed by atoms with van der Waals surface area (Å²) in [6, 6.07) is 4.68. The van der Waals surface area contributed by atoms with Crippen LogP contribution in [0.2, 0.25) is 0 Å². The molecule has 3 rings (SSSR count). The van der Waals surface area contributed by atoms with Gasteiger partial charge in [-0.1, -0.05) is 0 Å². The number of hydrogen-bond acceptors (Lipinski definition) is 8. The fourth-order valence-electron chi connectivity index (χ4n) is 2.82. The van der Waals surface area contributed by atoms with Gasteiger partial charge in [-0.25, -0.2) is 0 Å². The Labute approximate surface area is 151 Å². The van der Waals surface area contributed by atoms with E-state index in [1.54, 1.807) is 0 Å². The van der Waals surface area contributed by atoms with Crippen LogP contribution in [-0.2, 0) is 25.7 Å². The Morgan fingerprint density at radius 1 is 1.42 bits per heavy atom. The molecule has 138 valence electrons. The first-order valence-electron chi connectivity index (χ1n) is 7.58. The van der Waals surface area contributed by atoms with Crippen molar-refractivity contribution < 1.29 is 29.2 Å². The first-order valence-corrected chi connectivity index (χ1v) is 8.63. The minimum Gasteiger partial charge on any atom is -0.480 e. The van der Waals surface area contributed by atoms with Gasteiger partial charge in [0.1, 0.15) is 18.0 Å². The number of nitrogens with two attached hydrogens (primary N) is 1. The van der Waals surface area contributed by atoms with Gasteiger partial charge in [-0.15, -0.1) is 11.8 Å². The number of ether oxygens (including phenoxy) is 1. The molecule has 0 saturated carbocycles. The topological polar surface area (TPSA) is 153 Å². The zero-order valence-corrected chi connectivity index (χ0v) is 14.2. The van der Waals surface area contributed by atoms with Crippen molar-refractivity contribution in [3.05, 3.63) is 39.9 Å². The van der Waals surface area contributed by atoms with Crippen molar-refractivity contribution >= 4 is 35.3 Å². The second-order valence-electron chi connectivity index (χ2n) is 6.08. The molecule has 0 aromatic heterocycles. The van der Waals surface area contributed by atoms with Crippen molar-refractivity contribution in [3.8, 4) is 0 Å². The number of carbonyl (C=O) groups is 3. The van der Waals surface area contributed by atoms with Gasteiger partial charge in [-0.05, 0) is 17.7 Å². The summed E-state index contributed by atoms with van der Waals surface area (Å²) in [6.07, 6.45) is 0. The number of nitrogens with zero attached hydrogens (tertiary/aromatic N) is 2. The van der Waals surface area contributed by atoms with Crippen LogP contribution in [0.4, 0.5) is 5.69 Å². The van der Waals surface area contributed by atoms with E-state index in [2.05, 4.69) is 0 Å². The van der Waals surface area contributed by atoms with Crippen LogP contribution in [0.3, 0.4) is 0 Å². The number of carboxylic acids is 1. The molecular weight excluding hydrogens is 366 g/mol. The van der Waals surface area contributed by atoms with Crippen molar-refractivity contribution in [2.24, 2.45) is 11.1 Å². The van der Waals surface area contributed by atoms with E-state index in [1.807, 2.05) is 0 Å². The highest BCUT2D eigenvalue weighted by Crippen LogP contribution is 2.42. The maximum Gasteiger partial charge on any atom is 0.326 e. The zero-order valence-electron chi connectivity index (χ0n) is 13.4. The van der Waals surface area contributed by atoms with Crippen LogP contribution >= 0.6 is 11.8 Å². The average molecular weight is 381 g/mol. The first kappa shape index (κ1) is 18.1. The minimum absolute atomic E-state index is 0.0520. The van der Waals surface area contributed by atoms with Crippen LogP contribution in [0, 0.1) is 15.5 Å². The lowest BCUT2D eigenvalue weighted by molar-refractivity contribution is -0.384. The number of aliphatic carboxylic acids is 1. The molecule has 26 heavy (non-hydrogen) atoms. The van der Waals surface area contributed by atoms with E-state index in [1.165, 1.54) is 29.2 Å². The monoisotopic (exact) mass is 381 g/mol. The summed E-state index contributed by atoms with van der Waals surface area (Å²) in [6.45, 7) is -0.515. The maximum absolute atomic E-state index is 12.5. The van der Waals surface area contributed by atoms with Crippen LogP contribution in [0.25, 0.3) is 0 Å². The Bertz CT molecular complexity index is 784. The number of esters is 1. The van der Waals surface area contributed by atoms with Crippen molar-refractivity contribution in [3.63, 3.8) is 0 Å². The Hall–Kier alpha value is -2.66. The summed E-state index contributed by atoms with van der Waals surface area (Å²) in [4.78, 5) is 47.4. The molecule has 2 aliphatic heterocycles. The molecule has 1 amide bonds. The number of nitro groups is 1. The fraction of sp³-hybridized carbons (Fsp3) is 0.400. The van der Waals surface area contributed by atoms with Crippen molar-refractivity contribution in [2.45, 2.75) is 18.0 Å². The van der Waals surface area contributed by atoms with E-state index < -0.39 is 34.2 Å². The summed E-state index contributed by atoms with van der Waals surface area (Å²) < 4.78 is 5.13. The van der Waals surface area contributed by atoms with Gasteiger partial charge in [0.15, 0.2) is 5.41 Å². The predicted molar refractivity (Wildman–Crippen MR) is 88.9 cm³/mol. The van der Waals surface area contributed by atoms with Gasteiger partial charge in [0.2, 0.25) is 5.91 Å². The molecule has 2 unspecified atom stereocenters. The minimum atomic E-state index is -1.86. The van der Waals surface area contributed by atoms with Crippen LogP contribution in [0.15, 0.2) is 24.3 Å². The molecule has 1 aromatic carbocycles. The van der Waals surface area contributed by atoms with Crippen LogP contribution < -0.4 is 5.73 Å². The lowest BCUT2D eigenvalue weighted by Gasteiger charge is -2.51. The molecule has 0 spiro atoms. The number of β-lactam (4-membered cyclic amide) rings is 1. The fourth-order valence-corrected chi connectivity index (χ4v) is 4.29. The summed E-state index contributed by atoms with van der Waals surface area (Å²) in [7, 11) is 0. The lowest BCUT2D eigenvalue weighted by Crippen LogP contribution is -2.73. The molecular formula is C15H15N3O7S. The molecule has 1 aromatic rings. The number of carbonyl (C=O) groups excluding carboxylic acids is 2. The second kappa shape index (κ2) is 6.57. The molecule has 0 radical (unpaired) electrons. The second-order valence-corrected chi connectivity index (χ2v) is 7.19. The van der Waals surface area contributed by atoms with Crippen LogP contribution in [-0.4, -0.2) is 56.5 Å². The van der Waals surface area contributed by atoms with Gasteiger partial charge in [0.05, 0.1) is 4.92 Å². The number of amides is 1. The van der Waals surface area contributed by atoms with Gasteiger partial charge >= 0.3 is 11.9 Å². The Morgan fingerprint density at radius 3 is 2.65 bits per heavy atom. The number of non-ortho nitro benzene ring substituents is 1. The third-order valence-electron chi connectivity index (χ3n) is 4.44. The molecule has 0 aliphatic carbocycles. The number of benzene rings is 1. The summed E-state index contributed by atoms with van der Waals surface area (Å²) in [5.41, 5.74) is 4.17. The van der Waals surface area contributed by atoms with Gasteiger partial charge in [0, 0.05) is 24.4 Å². The third-order valence-corrected chi connectivity index (χ3v) is 5.99. The lowest BCUT2D eigenvalue weighted by atomic mass is 9.87. The van der Waals surface area contributed by atoms with E-state index in [4.69, 9.17) is 10.5 Å².